The van der Waals surface area contributed by atoms with Crippen LogP contribution in [-0.2, 0) is 0 Å². The maximum Gasteiger partial charge on any atom is 0.387 e. The van der Waals surface area contributed by atoms with Gasteiger partial charge in [-0.05, 0) is 48.5 Å². The standard InChI is InChI=1S/C16H12F2O4/c1-21-12-6-2-10(3-7-12)14(19)15(20)11-4-8-13(9-5-11)22-16(17)18/h2-9,16H,1H3. The van der Waals surface area contributed by atoms with Gasteiger partial charge in [0.25, 0.3) is 0 Å². The molecule has 2 rings (SSSR count). The van der Waals surface area contributed by atoms with E-state index in [0.29, 0.717) is 5.75 Å². The third kappa shape index (κ3) is 3.66. The zero-order valence-corrected chi connectivity index (χ0v) is 11.6. The van der Waals surface area contributed by atoms with Crippen LogP contribution in [0, 0.1) is 0 Å². The minimum absolute atomic E-state index is 0.0801. The fourth-order valence-corrected chi connectivity index (χ4v) is 1.79. The molecule has 0 aliphatic carbocycles. The average molecular weight is 306 g/mol. The summed E-state index contributed by atoms with van der Waals surface area (Å²) in [6.07, 6.45) is 0. The number of hydrogen-bond donors (Lipinski definition) is 0. The summed E-state index contributed by atoms with van der Waals surface area (Å²) in [4.78, 5) is 24.1. The molecular weight excluding hydrogens is 294 g/mol. The molecule has 4 nitrogen and oxygen atoms in total. The molecule has 0 unspecified atom stereocenters. The molecule has 22 heavy (non-hydrogen) atoms. The smallest absolute Gasteiger partial charge is 0.387 e. The molecule has 0 atom stereocenters. The van der Waals surface area contributed by atoms with Gasteiger partial charge in [-0.1, -0.05) is 0 Å². The number of rotatable bonds is 6. The van der Waals surface area contributed by atoms with Gasteiger partial charge in [-0.25, -0.2) is 0 Å². The Morgan fingerprint density at radius 1 is 0.818 bits per heavy atom. The molecule has 0 amide bonds. The number of Topliss-reactive ketones (excluding diaryl/α,β-unsaturated/α-hetero) is 2. The fourth-order valence-electron chi connectivity index (χ4n) is 1.79. The molecular formula is C16H12F2O4. The lowest BCUT2D eigenvalue weighted by molar-refractivity contribution is -0.0498. The number of ketones is 2. The van der Waals surface area contributed by atoms with Crippen LogP contribution in [0.2, 0.25) is 0 Å². The van der Waals surface area contributed by atoms with Gasteiger partial charge in [0.1, 0.15) is 11.5 Å². The Balaban J connectivity index is 2.14. The van der Waals surface area contributed by atoms with E-state index in [0.717, 1.165) is 0 Å². The van der Waals surface area contributed by atoms with E-state index in [-0.39, 0.29) is 16.9 Å². The summed E-state index contributed by atoms with van der Waals surface area (Å²) in [5, 5.41) is 0. The minimum Gasteiger partial charge on any atom is -0.497 e. The lowest BCUT2D eigenvalue weighted by atomic mass is 10.0. The number of carbonyl (C=O) groups is 2. The van der Waals surface area contributed by atoms with Crippen molar-refractivity contribution in [1.82, 2.24) is 0 Å². The topological polar surface area (TPSA) is 52.6 Å². The van der Waals surface area contributed by atoms with Crippen LogP contribution in [0.15, 0.2) is 48.5 Å². The van der Waals surface area contributed by atoms with Crippen molar-refractivity contribution in [3.8, 4) is 11.5 Å². The lowest BCUT2D eigenvalue weighted by Gasteiger charge is -2.05. The summed E-state index contributed by atoms with van der Waals surface area (Å²) in [6, 6.07) is 11.0. The van der Waals surface area contributed by atoms with E-state index >= 15 is 0 Å². The van der Waals surface area contributed by atoms with Gasteiger partial charge < -0.3 is 9.47 Å². The van der Waals surface area contributed by atoms with E-state index in [1.54, 1.807) is 12.1 Å². The predicted molar refractivity (Wildman–Crippen MR) is 74.7 cm³/mol. The van der Waals surface area contributed by atoms with Crippen molar-refractivity contribution in [3.05, 3.63) is 59.7 Å². The van der Waals surface area contributed by atoms with Crippen molar-refractivity contribution >= 4 is 11.6 Å². The third-order valence-electron chi connectivity index (χ3n) is 2.90. The molecule has 114 valence electrons. The second-order valence-corrected chi connectivity index (χ2v) is 4.29. The summed E-state index contributed by atoms with van der Waals surface area (Å²) in [6.45, 7) is -2.94. The molecule has 6 heteroatoms. The Labute approximate surface area is 125 Å². The molecule has 0 radical (unpaired) electrons. The minimum atomic E-state index is -2.94. The Morgan fingerprint density at radius 3 is 1.59 bits per heavy atom. The Morgan fingerprint density at radius 2 is 1.23 bits per heavy atom. The molecule has 0 spiro atoms. The Bertz CT molecular complexity index is 664. The average Bonchev–Trinajstić information content (AvgIpc) is 2.54. The zero-order chi connectivity index (χ0) is 16.1. The van der Waals surface area contributed by atoms with Gasteiger partial charge in [-0.15, -0.1) is 0 Å². The first-order valence-electron chi connectivity index (χ1n) is 6.29. The molecule has 0 aromatic heterocycles. The maximum atomic E-state index is 12.1. The normalized spacial score (nSPS) is 10.4. The second-order valence-electron chi connectivity index (χ2n) is 4.29. The zero-order valence-electron chi connectivity index (χ0n) is 11.6. The van der Waals surface area contributed by atoms with Crippen molar-refractivity contribution in [1.29, 1.82) is 0 Å². The van der Waals surface area contributed by atoms with Gasteiger partial charge in [0.05, 0.1) is 7.11 Å². The van der Waals surface area contributed by atoms with Crippen LogP contribution in [0.3, 0.4) is 0 Å². The van der Waals surface area contributed by atoms with Crippen molar-refractivity contribution in [2.75, 3.05) is 7.11 Å². The summed E-state index contributed by atoms with van der Waals surface area (Å²) >= 11 is 0. The second kappa shape index (κ2) is 6.80. The van der Waals surface area contributed by atoms with Crippen LogP contribution >= 0.6 is 0 Å². The summed E-state index contributed by atoms with van der Waals surface area (Å²) in [7, 11) is 1.49. The molecule has 0 saturated carbocycles. The van der Waals surface area contributed by atoms with Gasteiger partial charge >= 0.3 is 6.61 Å². The highest BCUT2D eigenvalue weighted by Gasteiger charge is 2.18. The molecule has 0 fully saturated rings. The van der Waals surface area contributed by atoms with Gasteiger partial charge in [0.2, 0.25) is 11.6 Å². The number of methoxy groups -OCH3 is 1. The van der Waals surface area contributed by atoms with Crippen molar-refractivity contribution in [2.24, 2.45) is 0 Å². The molecule has 0 aliphatic rings. The third-order valence-corrected chi connectivity index (χ3v) is 2.90. The first-order valence-corrected chi connectivity index (χ1v) is 6.29. The van der Waals surface area contributed by atoms with Gasteiger partial charge in [0.15, 0.2) is 0 Å². The SMILES string of the molecule is COc1ccc(C(=O)C(=O)c2ccc(OC(F)F)cc2)cc1. The molecule has 0 bridgehead atoms. The van der Waals surface area contributed by atoms with Gasteiger partial charge in [-0.3, -0.25) is 9.59 Å². The van der Waals surface area contributed by atoms with E-state index in [9.17, 15) is 18.4 Å². The molecule has 0 aliphatic heterocycles. The first-order chi connectivity index (χ1) is 10.5. The summed E-state index contributed by atoms with van der Waals surface area (Å²) in [5.41, 5.74) is 0.321. The van der Waals surface area contributed by atoms with Crippen molar-refractivity contribution in [3.63, 3.8) is 0 Å². The lowest BCUT2D eigenvalue weighted by Crippen LogP contribution is -2.14. The number of hydrogen-bond acceptors (Lipinski definition) is 4. The Hall–Kier alpha value is -2.76. The maximum absolute atomic E-state index is 12.1. The number of benzene rings is 2. The highest BCUT2D eigenvalue weighted by atomic mass is 19.3. The van der Waals surface area contributed by atoms with E-state index < -0.39 is 18.2 Å². The highest BCUT2D eigenvalue weighted by Crippen LogP contribution is 2.17. The molecule has 2 aromatic rings. The van der Waals surface area contributed by atoms with E-state index in [2.05, 4.69) is 4.74 Å². The summed E-state index contributed by atoms with van der Waals surface area (Å²) in [5.74, 6) is -0.931. The van der Waals surface area contributed by atoms with Crippen LogP contribution in [0.25, 0.3) is 0 Å². The number of halogens is 2. The van der Waals surface area contributed by atoms with Crippen molar-refractivity contribution in [2.45, 2.75) is 6.61 Å². The van der Waals surface area contributed by atoms with Crippen LogP contribution in [0.5, 0.6) is 11.5 Å². The van der Waals surface area contributed by atoms with E-state index in [1.807, 2.05) is 0 Å². The van der Waals surface area contributed by atoms with Crippen LogP contribution in [0.4, 0.5) is 8.78 Å². The Kier molecular flexibility index (Phi) is 4.83. The number of ether oxygens (including phenoxy) is 2. The number of carbonyl (C=O) groups excluding carboxylic acids is 2. The van der Waals surface area contributed by atoms with Crippen LogP contribution in [-0.4, -0.2) is 25.3 Å². The first kappa shape index (κ1) is 15.6. The number of alkyl halides is 2. The summed E-state index contributed by atoms with van der Waals surface area (Å²) < 4.78 is 33.2. The molecule has 0 saturated heterocycles. The monoisotopic (exact) mass is 306 g/mol. The fraction of sp³-hybridized carbons (Fsp3) is 0.125. The molecule has 0 heterocycles. The van der Waals surface area contributed by atoms with Crippen molar-refractivity contribution < 1.29 is 27.8 Å². The van der Waals surface area contributed by atoms with Crippen LogP contribution < -0.4 is 9.47 Å². The van der Waals surface area contributed by atoms with Gasteiger partial charge in [-0.2, -0.15) is 8.78 Å². The highest BCUT2D eigenvalue weighted by molar-refractivity contribution is 6.49. The molecule has 2 aromatic carbocycles. The van der Waals surface area contributed by atoms with Crippen LogP contribution in [0.1, 0.15) is 20.7 Å². The molecule has 0 N–H and O–H groups in total. The predicted octanol–water partition coefficient (Wildman–Crippen LogP) is 3.36. The largest absolute Gasteiger partial charge is 0.497 e. The quantitative estimate of drug-likeness (QED) is 0.606. The van der Waals surface area contributed by atoms with E-state index in [4.69, 9.17) is 4.74 Å². The van der Waals surface area contributed by atoms with Gasteiger partial charge in [0, 0.05) is 11.1 Å². The van der Waals surface area contributed by atoms with E-state index in [1.165, 1.54) is 43.5 Å².